The van der Waals surface area contributed by atoms with E-state index in [0.717, 1.165) is 24.5 Å². The lowest BCUT2D eigenvalue weighted by molar-refractivity contribution is -0.384. The molecule has 3 rings (SSSR count). The Balaban J connectivity index is 2.10. The second kappa shape index (κ2) is 7.66. The van der Waals surface area contributed by atoms with Gasteiger partial charge in [-0.3, -0.25) is 10.1 Å². The van der Waals surface area contributed by atoms with Crippen molar-refractivity contribution in [3.05, 3.63) is 64.2 Å². The summed E-state index contributed by atoms with van der Waals surface area (Å²) in [4.78, 5) is 13.1. The molecule has 0 radical (unpaired) electrons. The highest BCUT2D eigenvalue weighted by Crippen LogP contribution is 2.41. The van der Waals surface area contributed by atoms with Gasteiger partial charge in [0.1, 0.15) is 5.69 Å². The second-order valence-electron chi connectivity index (χ2n) is 6.88. The Hall–Kier alpha value is -2.45. The van der Waals surface area contributed by atoms with Crippen LogP contribution in [0.25, 0.3) is 0 Å². The van der Waals surface area contributed by atoms with Crippen LogP contribution in [-0.4, -0.2) is 26.9 Å². The van der Waals surface area contributed by atoms with E-state index in [4.69, 9.17) is 0 Å². The summed E-state index contributed by atoms with van der Waals surface area (Å²) in [6, 6.07) is 14.1. The molecule has 1 N–H and O–H groups in total. The van der Waals surface area contributed by atoms with Gasteiger partial charge in [-0.2, -0.15) is 0 Å². The first kappa shape index (κ1) is 19.3. The van der Waals surface area contributed by atoms with Gasteiger partial charge in [0.2, 0.25) is 10.0 Å². The van der Waals surface area contributed by atoms with Crippen LogP contribution in [0.5, 0.6) is 0 Å². The van der Waals surface area contributed by atoms with Gasteiger partial charge in [-0.05, 0) is 43.5 Å². The summed E-state index contributed by atoms with van der Waals surface area (Å²) in [5.74, 6) is 0.394. The van der Waals surface area contributed by atoms with Crippen LogP contribution in [0, 0.1) is 16.0 Å². The van der Waals surface area contributed by atoms with Gasteiger partial charge in [0.25, 0.3) is 5.69 Å². The fourth-order valence-electron chi connectivity index (χ4n) is 3.62. The van der Waals surface area contributed by atoms with Crippen molar-refractivity contribution in [3.8, 4) is 0 Å². The van der Waals surface area contributed by atoms with Crippen LogP contribution in [0.4, 0.5) is 11.4 Å². The molecule has 1 aliphatic heterocycles. The summed E-state index contributed by atoms with van der Waals surface area (Å²) in [5, 5.41) is 11.7. The Morgan fingerprint density at radius 3 is 2.48 bits per heavy atom. The number of anilines is 1. The molecule has 0 saturated carbocycles. The topological polar surface area (TPSA) is 92.6 Å². The zero-order valence-electron chi connectivity index (χ0n) is 15.3. The molecule has 1 aliphatic rings. The Kier molecular flexibility index (Phi) is 5.48. The molecule has 27 heavy (non-hydrogen) atoms. The maximum atomic E-state index is 12.1. The molecule has 2 atom stereocenters. The number of nitro benzene ring substituents is 1. The predicted octanol–water partition coefficient (Wildman–Crippen LogP) is 3.48. The van der Waals surface area contributed by atoms with E-state index in [-0.39, 0.29) is 16.6 Å². The average molecular weight is 389 g/mol. The summed E-state index contributed by atoms with van der Waals surface area (Å²) >= 11 is 0. The van der Waals surface area contributed by atoms with Crippen LogP contribution < -0.4 is 9.62 Å². The van der Waals surface area contributed by atoms with Gasteiger partial charge in [0.15, 0.2) is 0 Å². The largest absolute Gasteiger partial charge is 0.359 e. The molecule has 2 aromatic carbocycles. The molecule has 1 heterocycles. The number of nitro groups is 1. The van der Waals surface area contributed by atoms with Crippen molar-refractivity contribution in [1.82, 2.24) is 4.72 Å². The lowest BCUT2D eigenvalue weighted by Crippen LogP contribution is -2.37. The normalized spacial score (nSPS) is 20.4. The molecule has 2 aromatic rings. The monoisotopic (exact) mass is 389 g/mol. The first-order valence-corrected chi connectivity index (χ1v) is 10.4. The van der Waals surface area contributed by atoms with Crippen molar-refractivity contribution >= 4 is 21.4 Å². The molecule has 0 bridgehead atoms. The maximum absolute atomic E-state index is 12.1. The number of hydrogen-bond acceptors (Lipinski definition) is 5. The fourth-order valence-corrected chi connectivity index (χ4v) is 4.37. The van der Waals surface area contributed by atoms with Gasteiger partial charge in [-0.15, -0.1) is 0 Å². The third-order valence-electron chi connectivity index (χ3n) is 5.03. The molecule has 7 nitrogen and oxygen atoms in total. The third-order valence-corrected chi connectivity index (χ3v) is 6.45. The number of piperidine rings is 1. The Labute approximate surface area is 159 Å². The van der Waals surface area contributed by atoms with E-state index >= 15 is 0 Å². The highest BCUT2D eigenvalue weighted by molar-refractivity contribution is 7.89. The number of rotatable bonds is 5. The molecule has 0 aliphatic carbocycles. The second-order valence-corrected chi connectivity index (χ2v) is 8.76. The minimum Gasteiger partial charge on any atom is -0.359 e. The molecule has 144 valence electrons. The Morgan fingerprint density at radius 2 is 1.85 bits per heavy atom. The van der Waals surface area contributed by atoms with Crippen molar-refractivity contribution in [2.75, 3.05) is 18.5 Å². The first-order chi connectivity index (χ1) is 12.8. The zero-order valence-corrected chi connectivity index (χ0v) is 16.1. The predicted molar refractivity (Wildman–Crippen MR) is 104 cm³/mol. The molecule has 0 spiro atoms. The van der Waals surface area contributed by atoms with E-state index in [1.54, 1.807) is 6.07 Å². The highest BCUT2D eigenvalue weighted by Gasteiger charge is 2.32. The number of nitrogens with one attached hydrogen (secondary N) is 1. The van der Waals surface area contributed by atoms with E-state index in [1.807, 2.05) is 35.2 Å². The van der Waals surface area contributed by atoms with Gasteiger partial charge >= 0.3 is 0 Å². The molecule has 1 fully saturated rings. The smallest absolute Gasteiger partial charge is 0.293 e. The SMILES string of the molecule is CNS(=O)(=O)c1ccc(N2CC(C)CCC2c2ccccc2)c([N+](=O)[O-])c1. The number of nitrogens with zero attached hydrogens (tertiary/aromatic N) is 2. The van der Waals surface area contributed by atoms with Crippen LogP contribution in [0.3, 0.4) is 0 Å². The van der Waals surface area contributed by atoms with E-state index in [2.05, 4.69) is 11.6 Å². The van der Waals surface area contributed by atoms with Crippen molar-refractivity contribution < 1.29 is 13.3 Å². The lowest BCUT2D eigenvalue weighted by atomic mass is 9.89. The van der Waals surface area contributed by atoms with Crippen molar-refractivity contribution in [1.29, 1.82) is 0 Å². The molecule has 0 aromatic heterocycles. The van der Waals surface area contributed by atoms with Crippen molar-refractivity contribution in [2.24, 2.45) is 5.92 Å². The van der Waals surface area contributed by atoms with Gasteiger partial charge in [-0.25, -0.2) is 13.1 Å². The third kappa shape index (κ3) is 3.96. The molecule has 8 heteroatoms. The first-order valence-electron chi connectivity index (χ1n) is 8.87. The van der Waals surface area contributed by atoms with Gasteiger partial charge in [0, 0.05) is 12.6 Å². The van der Waals surface area contributed by atoms with Gasteiger partial charge in [0.05, 0.1) is 15.9 Å². The molecule has 0 amide bonds. The van der Waals surface area contributed by atoms with Crippen molar-refractivity contribution in [3.63, 3.8) is 0 Å². The summed E-state index contributed by atoms with van der Waals surface area (Å²) in [5.41, 5.74) is 1.36. The zero-order chi connectivity index (χ0) is 19.6. The minimum atomic E-state index is -3.75. The number of benzene rings is 2. The highest BCUT2D eigenvalue weighted by atomic mass is 32.2. The van der Waals surface area contributed by atoms with Crippen LogP contribution in [0.1, 0.15) is 31.4 Å². The number of hydrogen-bond donors (Lipinski definition) is 1. The summed E-state index contributed by atoms with van der Waals surface area (Å²) in [6.45, 7) is 2.80. The summed E-state index contributed by atoms with van der Waals surface area (Å²) < 4.78 is 26.3. The van der Waals surface area contributed by atoms with Crippen LogP contribution >= 0.6 is 0 Å². The minimum absolute atomic E-state index is 0.0212. The lowest BCUT2D eigenvalue weighted by Gasteiger charge is -2.40. The van der Waals surface area contributed by atoms with E-state index in [1.165, 1.54) is 13.1 Å². The average Bonchev–Trinajstić information content (AvgIpc) is 2.68. The maximum Gasteiger partial charge on any atom is 0.293 e. The van der Waals surface area contributed by atoms with E-state index < -0.39 is 14.9 Å². The van der Waals surface area contributed by atoms with Crippen LogP contribution in [-0.2, 0) is 10.0 Å². The molecular weight excluding hydrogens is 366 g/mol. The van der Waals surface area contributed by atoms with Crippen LogP contribution in [0.2, 0.25) is 0 Å². The van der Waals surface area contributed by atoms with Gasteiger partial charge < -0.3 is 4.90 Å². The number of sulfonamides is 1. The fraction of sp³-hybridized carbons (Fsp3) is 0.368. The quantitative estimate of drug-likeness (QED) is 0.624. The standard InChI is InChI=1S/C19H23N3O4S/c1-14-8-10-17(15-6-4-3-5-7-15)21(13-14)18-11-9-16(27(25,26)20-2)12-19(18)22(23)24/h3-7,9,11-12,14,17,20H,8,10,13H2,1-2H3. The summed E-state index contributed by atoms with van der Waals surface area (Å²) in [6.07, 6.45) is 1.93. The molecule has 1 saturated heterocycles. The molecule has 2 unspecified atom stereocenters. The van der Waals surface area contributed by atoms with Gasteiger partial charge in [-0.1, -0.05) is 37.3 Å². The van der Waals surface area contributed by atoms with Crippen LogP contribution in [0.15, 0.2) is 53.4 Å². The molecular formula is C19H23N3O4S. The Morgan fingerprint density at radius 1 is 1.15 bits per heavy atom. The summed E-state index contributed by atoms with van der Waals surface area (Å²) in [7, 11) is -2.47. The van der Waals surface area contributed by atoms with E-state index in [9.17, 15) is 18.5 Å². The van der Waals surface area contributed by atoms with E-state index in [0.29, 0.717) is 18.2 Å². The van der Waals surface area contributed by atoms with Crippen molar-refractivity contribution in [2.45, 2.75) is 30.7 Å². The Bertz CT molecular complexity index is 931.